The van der Waals surface area contributed by atoms with Crippen LogP contribution in [-0.4, -0.2) is 28.5 Å². The molecule has 1 aliphatic rings. The molecule has 112 valence electrons. The van der Waals surface area contributed by atoms with Gasteiger partial charge in [-0.05, 0) is 30.1 Å². The highest BCUT2D eigenvalue weighted by Crippen LogP contribution is 2.29. The summed E-state index contributed by atoms with van der Waals surface area (Å²) in [7, 11) is 0. The summed E-state index contributed by atoms with van der Waals surface area (Å²) < 4.78 is 17.6. The van der Waals surface area contributed by atoms with Crippen LogP contribution in [0.1, 0.15) is 12.1 Å². The average Bonchev–Trinajstić information content (AvgIpc) is 3.07. The molecule has 3 heterocycles. The lowest BCUT2D eigenvalue weighted by Gasteiger charge is -2.18. The Balaban J connectivity index is 1.55. The highest BCUT2D eigenvalue weighted by Gasteiger charge is 2.23. The van der Waals surface area contributed by atoms with E-state index in [-0.39, 0.29) is 0 Å². The van der Waals surface area contributed by atoms with Gasteiger partial charge in [-0.3, -0.25) is 0 Å². The van der Waals surface area contributed by atoms with Crippen LogP contribution in [0.15, 0.2) is 18.3 Å². The Labute approximate surface area is 136 Å². The highest BCUT2D eigenvalue weighted by molar-refractivity contribution is 7.11. The molecule has 0 aliphatic carbocycles. The number of aromatic nitrogens is 2. The summed E-state index contributed by atoms with van der Waals surface area (Å²) in [5.41, 5.74) is 1.73. The van der Waals surface area contributed by atoms with Crippen molar-refractivity contribution in [1.29, 1.82) is 0 Å². The third-order valence-electron chi connectivity index (χ3n) is 3.49. The second-order valence-electron chi connectivity index (χ2n) is 4.87. The Morgan fingerprint density at radius 1 is 1.43 bits per heavy atom. The van der Waals surface area contributed by atoms with Gasteiger partial charge in [0.05, 0.1) is 22.6 Å². The Kier molecular flexibility index (Phi) is 4.59. The third-order valence-corrected chi connectivity index (χ3v) is 5.17. The number of anilines is 1. The molecule has 1 aliphatic heterocycles. The van der Waals surface area contributed by atoms with Crippen molar-refractivity contribution in [3.05, 3.63) is 39.3 Å². The molecule has 4 nitrogen and oxygen atoms in total. The third kappa shape index (κ3) is 3.45. The van der Waals surface area contributed by atoms with Gasteiger partial charge in [-0.15, -0.1) is 0 Å². The molecule has 0 spiro atoms. The topological polar surface area (TPSA) is 41.0 Å². The van der Waals surface area contributed by atoms with Gasteiger partial charge in [0.25, 0.3) is 0 Å². The van der Waals surface area contributed by atoms with Crippen LogP contribution in [0.2, 0.25) is 9.36 Å². The number of hydrogen-bond donors (Lipinski definition) is 1. The van der Waals surface area contributed by atoms with Gasteiger partial charge in [-0.1, -0.05) is 23.2 Å². The van der Waals surface area contributed by atoms with Crippen LogP contribution in [0.4, 0.5) is 10.1 Å². The molecule has 0 aromatic carbocycles. The average molecular weight is 347 g/mol. The summed E-state index contributed by atoms with van der Waals surface area (Å²) in [6, 6.07) is 3.47. The second kappa shape index (κ2) is 6.44. The Morgan fingerprint density at radius 3 is 2.95 bits per heavy atom. The van der Waals surface area contributed by atoms with Crippen molar-refractivity contribution in [2.45, 2.75) is 19.0 Å². The van der Waals surface area contributed by atoms with E-state index >= 15 is 0 Å². The maximum absolute atomic E-state index is 12.8. The zero-order valence-electron chi connectivity index (χ0n) is 11.0. The minimum absolute atomic E-state index is 0.339. The molecule has 2 aromatic rings. The van der Waals surface area contributed by atoms with Crippen molar-refractivity contribution in [3.8, 4) is 0 Å². The number of nitrogens with one attached hydrogen (secondary N) is 1. The van der Waals surface area contributed by atoms with E-state index in [2.05, 4.69) is 19.6 Å². The van der Waals surface area contributed by atoms with Gasteiger partial charge in [0.1, 0.15) is 4.34 Å². The van der Waals surface area contributed by atoms with Crippen molar-refractivity contribution in [3.63, 3.8) is 0 Å². The van der Waals surface area contributed by atoms with E-state index in [1.165, 1.54) is 17.6 Å². The lowest BCUT2D eigenvalue weighted by Crippen LogP contribution is -2.32. The predicted octanol–water partition coefficient (Wildman–Crippen LogP) is 3.35. The molecule has 2 aromatic heterocycles. The molecule has 1 N–H and O–H groups in total. The van der Waals surface area contributed by atoms with E-state index in [9.17, 15) is 4.39 Å². The SMILES string of the molecule is Fc1ccc(N2CCC(NCc3nsc(Cl)c3Cl)C2)cn1. The normalized spacial score (nSPS) is 18.4. The molecule has 0 amide bonds. The summed E-state index contributed by atoms with van der Waals surface area (Å²) in [6.45, 7) is 2.36. The molecule has 0 saturated carbocycles. The molecule has 1 fully saturated rings. The van der Waals surface area contributed by atoms with Gasteiger partial charge >= 0.3 is 0 Å². The monoisotopic (exact) mass is 346 g/mol. The fraction of sp³-hybridized carbons (Fsp3) is 0.385. The molecule has 1 saturated heterocycles. The Hall–Kier alpha value is -0.950. The molecule has 21 heavy (non-hydrogen) atoms. The van der Waals surface area contributed by atoms with E-state index in [4.69, 9.17) is 23.2 Å². The molecule has 0 bridgehead atoms. The first-order valence-corrected chi connectivity index (χ1v) is 8.06. The quantitative estimate of drug-likeness (QED) is 0.862. The van der Waals surface area contributed by atoms with E-state index in [1.807, 2.05) is 0 Å². The van der Waals surface area contributed by atoms with Crippen molar-refractivity contribution in [2.75, 3.05) is 18.0 Å². The fourth-order valence-electron chi connectivity index (χ4n) is 2.36. The van der Waals surface area contributed by atoms with Crippen LogP contribution in [0.25, 0.3) is 0 Å². The summed E-state index contributed by atoms with van der Waals surface area (Å²) in [5, 5.41) is 3.96. The van der Waals surface area contributed by atoms with Crippen LogP contribution < -0.4 is 10.2 Å². The van der Waals surface area contributed by atoms with Gasteiger partial charge in [0.2, 0.25) is 5.95 Å². The number of pyridine rings is 1. The molecule has 8 heteroatoms. The second-order valence-corrected chi connectivity index (χ2v) is 6.62. The molecule has 1 unspecified atom stereocenters. The Morgan fingerprint density at radius 2 is 2.29 bits per heavy atom. The van der Waals surface area contributed by atoms with Crippen LogP contribution >= 0.6 is 34.7 Å². The number of nitrogens with zero attached hydrogens (tertiary/aromatic N) is 3. The minimum atomic E-state index is -0.456. The lowest BCUT2D eigenvalue weighted by molar-refractivity contribution is 0.547. The molecule has 1 atom stereocenters. The standard InChI is InChI=1S/C13H13Cl2FN4S/c14-12-10(19-21-13(12)15)6-17-8-3-4-20(7-8)9-1-2-11(16)18-5-9/h1-2,5,8,17H,3-4,6-7H2. The van der Waals surface area contributed by atoms with Crippen molar-refractivity contribution in [1.82, 2.24) is 14.7 Å². The minimum Gasteiger partial charge on any atom is -0.369 e. The predicted molar refractivity (Wildman–Crippen MR) is 83.8 cm³/mol. The summed E-state index contributed by atoms with van der Waals surface area (Å²) >= 11 is 13.1. The first-order valence-electron chi connectivity index (χ1n) is 6.53. The number of hydrogen-bond acceptors (Lipinski definition) is 5. The zero-order chi connectivity index (χ0) is 14.8. The van der Waals surface area contributed by atoms with Crippen molar-refractivity contribution < 1.29 is 4.39 Å². The molecule has 0 radical (unpaired) electrons. The summed E-state index contributed by atoms with van der Waals surface area (Å²) in [6.07, 6.45) is 2.57. The van der Waals surface area contributed by atoms with Crippen molar-refractivity contribution in [2.24, 2.45) is 0 Å². The van der Waals surface area contributed by atoms with E-state index in [1.54, 1.807) is 12.3 Å². The van der Waals surface area contributed by atoms with E-state index in [0.29, 0.717) is 21.9 Å². The zero-order valence-corrected chi connectivity index (χ0v) is 13.3. The van der Waals surface area contributed by atoms with Gasteiger partial charge in [-0.25, -0.2) is 4.98 Å². The largest absolute Gasteiger partial charge is 0.369 e. The first kappa shape index (κ1) is 15.0. The smallest absolute Gasteiger partial charge is 0.212 e. The van der Waals surface area contributed by atoms with Gasteiger partial charge in [-0.2, -0.15) is 8.76 Å². The maximum atomic E-state index is 12.8. The van der Waals surface area contributed by atoms with Crippen LogP contribution in [0.5, 0.6) is 0 Å². The van der Waals surface area contributed by atoms with Crippen molar-refractivity contribution >= 4 is 40.4 Å². The number of rotatable bonds is 4. The molecular formula is C13H13Cl2FN4S. The van der Waals surface area contributed by atoms with Crippen LogP contribution in [-0.2, 0) is 6.54 Å². The van der Waals surface area contributed by atoms with E-state index in [0.717, 1.165) is 30.9 Å². The lowest BCUT2D eigenvalue weighted by atomic mass is 10.2. The summed E-state index contributed by atoms with van der Waals surface area (Å²) in [4.78, 5) is 5.87. The number of halogens is 3. The summed E-state index contributed by atoms with van der Waals surface area (Å²) in [5.74, 6) is -0.456. The van der Waals surface area contributed by atoms with Gasteiger partial charge < -0.3 is 10.2 Å². The fourth-order valence-corrected chi connectivity index (χ4v) is 3.38. The van der Waals surface area contributed by atoms with Gasteiger partial charge in [0, 0.05) is 25.7 Å². The highest BCUT2D eigenvalue weighted by atomic mass is 35.5. The maximum Gasteiger partial charge on any atom is 0.212 e. The molecular weight excluding hydrogens is 334 g/mol. The molecule has 3 rings (SSSR count). The van der Waals surface area contributed by atoms with E-state index < -0.39 is 5.95 Å². The Bertz CT molecular complexity index is 619. The first-order chi connectivity index (χ1) is 10.1. The van der Waals surface area contributed by atoms with Crippen LogP contribution in [0, 0.1) is 5.95 Å². The van der Waals surface area contributed by atoms with Crippen LogP contribution in [0.3, 0.4) is 0 Å². The van der Waals surface area contributed by atoms with Gasteiger partial charge in [0.15, 0.2) is 0 Å².